The molecule has 166 valence electrons. The zero-order valence-electron chi connectivity index (χ0n) is 18.6. The van der Waals surface area contributed by atoms with Gasteiger partial charge in [0, 0.05) is 51.4 Å². The van der Waals surface area contributed by atoms with Gasteiger partial charge in [-0.1, -0.05) is 25.7 Å². The number of guanidine groups is 2. The van der Waals surface area contributed by atoms with E-state index in [2.05, 4.69) is 48.1 Å². The second-order valence-electron chi connectivity index (χ2n) is 6.80. The first-order valence-electron chi connectivity index (χ1n) is 10.6. The van der Waals surface area contributed by atoms with Crippen LogP contribution < -0.4 is 21.3 Å². The van der Waals surface area contributed by atoms with Crippen LogP contribution in [0.1, 0.15) is 49.9 Å². The van der Waals surface area contributed by atoms with Crippen molar-refractivity contribution in [1.29, 1.82) is 0 Å². The lowest BCUT2D eigenvalue weighted by Crippen LogP contribution is -2.35. The lowest BCUT2D eigenvalue weighted by molar-refractivity contribution is 0.583. The molecule has 0 atom stereocenters. The third-order valence-corrected chi connectivity index (χ3v) is 5.51. The Labute approximate surface area is 180 Å². The first-order valence-corrected chi connectivity index (χ1v) is 11.8. The molecule has 0 saturated heterocycles. The molecule has 0 unspecified atom stereocenters. The number of aryl methyl sites for hydroxylation is 1. The van der Waals surface area contributed by atoms with E-state index in [9.17, 15) is 0 Å². The summed E-state index contributed by atoms with van der Waals surface area (Å²) in [6, 6.07) is 0. The summed E-state index contributed by atoms with van der Waals surface area (Å²) in [4.78, 5) is 16.1. The Hall–Kier alpha value is -1.90. The Morgan fingerprint density at radius 3 is 2.17 bits per heavy atom. The smallest absolute Gasteiger partial charge is 0.191 e. The fourth-order valence-electron chi connectivity index (χ4n) is 2.80. The van der Waals surface area contributed by atoms with Crippen molar-refractivity contribution in [3.63, 3.8) is 0 Å². The molecule has 0 bridgehead atoms. The second-order valence-corrected chi connectivity index (χ2v) is 7.91. The maximum absolute atomic E-state index is 4.60. The van der Waals surface area contributed by atoms with Crippen molar-refractivity contribution in [3.05, 3.63) is 17.7 Å². The lowest BCUT2D eigenvalue weighted by Gasteiger charge is -2.10. The van der Waals surface area contributed by atoms with Gasteiger partial charge in [-0.3, -0.25) is 9.98 Å². The van der Waals surface area contributed by atoms with Gasteiger partial charge in [0.05, 0.1) is 18.6 Å². The summed E-state index contributed by atoms with van der Waals surface area (Å²) in [7, 11) is 5.60. The largest absolute Gasteiger partial charge is 0.359 e. The Morgan fingerprint density at radius 2 is 1.62 bits per heavy atom. The molecule has 5 N–H and O–H groups in total. The standard InChI is InChI=1S/C20H40N8S/c1-17-18(28-16-27-17)15-29-14-13-26-20(23-4)25-12-10-8-6-5-7-9-11-24-19(21-2)22-3/h16H,5-15H2,1-4H3,(H,27,28)(H2,21,22,24)(H2,23,25,26). The highest BCUT2D eigenvalue weighted by Crippen LogP contribution is 2.12. The number of nitrogens with one attached hydrogen (secondary N) is 5. The summed E-state index contributed by atoms with van der Waals surface area (Å²) in [5.41, 5.74) is 2.30. The van der Waals surface area contributed by atoms with E-state index in [0.29, 0.717) is 0 Å². The van der Waals surface area contributed by atoms with Gasteiger partial charge in [-0.15, -0.1) is 0 Å². The molecule has 8 nitrogen and oxygen atoms in total. The number of aromatic amines is 1. The zero-order chi connectivity index (χ0) is 21.2. The molecule has 0 aliphatic heterocycles. The van der Waals surface area contributed by atoms with E-state index in [0.717, 1.165) is 54.4 Å². The van der Waals surface area contributed by atoms with Crippen LogP contribution in [-0.2, 0) is 5.75 Å². The maximum atomic E-state index is 4.60. The summed E-state index contributed by atoms with van der Waals surface area (Å²) in [6.07, 6.45) is 9.23. The van der Waals surface area contributed by atoms with Gasteiger partial charge in [0.2, 0.25) is 0 Å². The molecular formula is C20H40N8S. The van der Waals surface area contributed by atoms with Crippen LogP contribution in [-0.4, -0.2) is 68.4 Å². The minimum Gasteiger partial charge on any atom is -0.359 e. The van der Waals surface area contributed by atoms with Gasteiger partial charge in [-0.25, -0.2) is 4.98 Å². The number of H-pyrrole nitrogens is 1. The number of hydrogen-bond acceptors (Lipinski definition) is 4. The summed E-state index contributed by atoms with van der Waals surface area (Å²) >= 11 is 1.86. The number of nitrogens with zero attached hydrogens (tertiary/aromatic N) is 3. The topological polar surface area (TPSA) is 102 Å². The summed E-state index contributed by atoms with van der Waals surface area (Å²) in [5.74, 6) is 3.69. The first-order chi connectivity index (χ1) is 14.2. The fraction of sp³-hybridized carbons (Fsp3) is 0.750. The van der Waals surface area contributed by atoms with Gasteiger partial charge in [-0.2, -0.15) is 11.8 Å². The summed E-state index contributed by atoms with van der Waals surface area (Å²) in [6.45, 7) is 4.82. The molecule has 1 heterocycles. The molecule has 0 saturated carbocycles. The van der Waals surface area contributed by atoms with Crippen LogP contribution in [0.2, 0.25) is 0 Å². The van der Waals surface area contributed by atoms with Gasteiger partial charge >= 0.3 is 0 Å². The Kier molecular flexibility index (Phi) is 14.7. The Balaban J connectivity index is 1.96. The van der Waals surface area contributed by atoms with Crippen LogP contribution in [0, 0.1) is 6.92 Å². The highest BCUT2D eigenvalue weighted by Gasteiger charge is 2.01. The second kappa shape index (κ2) is 17.0. The molecule has 0 spiro atoms. The van der Waals surface area contributed by atoms with Gasteiger partial charge in [-0.05, 0) is 19.8 Å². The quantitative estimate of drug-likeness (QED) is 0.178. The van der Waals surface area contributed by atoms with Crippen LogP contribution in [0.25, 0.3) is 0 Å². The SMILES string of the molecule is C/N=C(/NC)NCCCCCCCCN/C(=N\CCSCc1nc[nH]c1C)NC. The fourth-order valence-corrected chi connectivity index (χ4v) is 3.65. The monoisotopic (exact) mass is 424 g/mol. The molecule has 0 aromatic carbocycles. The average Bonchev–Trinajstić information content (AvgIpc) is 3.15. The molecule has 0 radical (unpaired) electrons. The van der Waals surface area contributed by atoms with Crippen molar-refractivity contribution in [1.82, 2.24) is 31.2 Å². The van der Waals surface area contributed by atoms with Gasteiger partial charge in [0.25, 0.3) is 0 Å². The lowest BCUT2D eigenvalue weighted by atomic mass is 10.1. The summed E-state index contributed by atoms with van der Waals surface area (Å²) < 4.78 is 0. The van der Waals surface area contributed by atoms with Crippen molar-refractivity contribution in [2.45, 2.75) is 51.2 Å². The molecule has 0 amide bonds. The number of hydrogen-bond donors (Lipinski definition) is 5. The van der Waals surface area contributed by atoms with Crippen molar-refractivity contribution in [2.24, 2.45) is 9.98 Å². The molecule has 0 aliphatic carbocycles. The van der Waals surface area contributed by atoms with E-state index in [1.54, 1.807) is 13.4 Å². The highest BCUT2D eigenvalue weighted by molar-refractivity contribution is 7.98. The molecular weight excluding hydrogens is 384 g/mol. The van der Waals surface area contributed by atoms with Gasteiger partial charge < -0.3 is 26.3 Å². The minimum absolute atomic E-state index is 0.809. The van der Waals surface area contributed by atoms with Crippen molar-refractivity contribution in [2.75, 3.05) is 46.5 Å². The van der Waals surface area contributed by atoms with Gasteiger partial charge in [0.15, 0.2) is 11.9 Å². The predicted molar refractivity (Wildman–Crippen MR) is 127 cm³/mol. The normalized spacial score (nSPS) is 12.1. The van der Waals surface area contributed by atoms with E-state index in [1.807, 2.05) is 25.9 Å². The number of imidazole rings is 1. The molecule has 29 heavy (non-hydrogen) atoms. The van der Waals surface area contributed by atoms with E-state index in [4.69, 9.17) is 0 Å². The number of aromatic nitrogens is 2. The number of thioether (sulfide) groups is 1. The number of unbranched alkanes of at least 4 members (excludes halogenated alkanes) is 5. The summed E-state index contributed by atoms with van der Waals surface area (Å²) in [5, 5.41) is 12.9. The predicted octanol–water partition coefficient (Wildman–Crippen LogP) is 2.25. The molecule has 0 aliphatic rings. The zero-order valence-corrected chi connectivity index (χ0v) is 19.4. The Bertz CT molecular complexity index is 585. The highest BCUT2D eigenvalue weighted by atomic mass is 32.2. The van der Waals surface area contributed by atoms with Crippen molar-refractivity contribution >= 4 is 23.7 Å². The van der Waals surface area contributed by atoms with E-state index >= 15 is 0 Å². The maximum Gasteiger partial charge on any atom is 0.191 e. The minimum atomic E-state index is 0.809. The average molecular weight is 425 g/mol. The Morgan fingerprint density at radius 1 is 1.00 bits per heavy atom. The molecule has 1 rings (SSSR count). The van der Waals surface area contributed by atoms with E-state index in [1.165, 1.54) is 38.5 Å². The number of aliphatic imine (C=N–C) groups is 2. The van der Waals surface area contributed by atoms with Crippen LogP contribution in [0.15, 0.2) is 16.3 Å². The van der Waals surface area contributed by atoms with E-state index in [-0.39, 0.29) is 0 Å². The van der Waals surface area contributed by atoms with Crippen LogP contribution >= 0.6 is 11.8 Å². The molecule has 1 aromatic rings. The molecule has 9 heteroatoms. The third kappa shape index (κ3) is 12.3. The van der Waals surface area contributed by atoms with Crippen molar-refractivity contribution in [3.8, 4) is 0 Å². The molecule has 0 fully saturated rings. The van der Waals surface area contributed by atoms with Crippen LogP contribution in [0.5, 0.6) is 0 Å². The molecule has 1 aromatic heterocycles. The van der Waals surface area contributed by atoms with Crippen LogP contribution in [0.4, 0.5) is 0 Å². The van der Waals surface area contributed by atoms with Crippen LogP contribution in [0.3, 0.4) is 0 Å². The third-order valence-electron chi connectivity index (χ3n) is 4.56. The van der Waals surface area contributed by atoms with Crippen molar-refractivity contribution < 1.29 is 0 Å². The van der Waals surface area contributed by atoms with Gasteiger partial charge in [0.1, 0.15) is 0 Å². The first kappa shape index (κ1) is 25.1. The van der Waals surface area contributed by atoms with E-state index < -0.39 is 0 Å². The number of rotatable bonds is 14.